The molecule has 0 fully saturated rings. The number of carbonyl (C=O) groups excluding carboxylic acids is 1. The van der Waals surface area contributed by atoms with Crippen LogP contribution in [0.5, 0.6) is 11.5 Å². The Bertz CT molecular complexity index is 1000. The zero-order chi connectivity index (χ0) is 22.9. The summed E-state index contributed by atoms with van der Waals surface area (Å²) < 4.78 is 40.0. The van der Waals surface area contributed by atoms with Gasteiger partial charge in [0.2, 0.25) is 0 Å². The summed E-state index contributed by atoms with van der Waals surface area (Å²) in [4.78, 5) is 25.9. The molecule has 1 aliphatic heterocycles. The molecule has 0 radical (unpaired) electrons. The van der Waals surface area contributed by atoms with Crippen molar-refractivity contribution in [2.75, 3.05) is 25.6 Å². The lowest BCUT2D eigenvalue weighted by molar-refractivity contribution is -0.120. The van der Waals surface area contributed by atoms with Crippen LogP contribution < -0.4 is 20.0 Å². The first-order chi connectivity index (χ1) is 14.5. The molecule has 2 N–H and O–H groups in total. The number of hydrogen-bond donors (Lipinski definition) is 2. The number of carbonyl (C=O) groups is 2. The summed E-state index contributed by atoms with van der Waals surface area (Å²) in [6, 6.07) is 5.52. The predicted octanol–water partition coefficient (Wildman–Crippen LogP) is 3.57. The highest BCUT2D eigenvalue weighted by Gasteiger charge is 2.36. The van der Waals surface area contributed by atoms with E-state index in [4.69, 9.17) is 9.47 Å². The number of anilines is 1. The number of amides is 2. The van der Waals surface area contributed by atoms with E-state index in [0.29, 0.717) is 17.1 Å². The van der Waals surface area contributed by atoms with Gasteiger partial charge in [-0.3, -0.25) is 9.69 Å². The Balaban J connectivity index is 2.00. The normalized spacial score (nSPS) is 16.1. The van der Waals surface area contributed by atoms with Crippen molar-refractivity contribution in [1.82, 2.24) is 4.90 Å². The van der Waals surface area contributed by atoms with Crippen molar-refractivity contribution in [3.05, 3.63) is 47.5 Å². The van der Waals surface area contributed by atoms with E-state index >= 15 is 0 Å². The molecule has 0 saturated carbocycles. The number of carboxylic acid groups (broad SMARTS) is 1. The second-order valence-corrected chi connectivity index (χ2v) is 13.2. The fourth-order valence-corrected chi connectivity index (χ4v) is 5.18. The molecule has 1 aliphatic rings. The predicted molar refractivity (Wildman–Crippen MR) is 114 cm³/mol. The lowest BCUT2D eigenvalue weighted by Crippen LogP contribution is -2.43. The van der Waals surface area contributed by atoms with Crippen LogP contribution in [0.1, 0.15) is 11.6 Å². The maximum absolute atomic E-state index is 14.6. The smallest absolute Gasteiger partial charge is 0.408 e. The first kappa shape index (κ1) is 22.5. The summed E-state index contributed by atoms with van der Waals surface area (Å²) >= 11 is 0. The summed E-state index contributed by atoms with van der Waals surface area (Å²) in [5.41, 5.74) is 0.213. The van der Waals surface area contributed by atoms with Crippen LogP contribution in [0.3, 0.4) is 0 Å². The molecule has 1 atom stereocenters. The number of benzene rings is 2. The van der Waals surface area contributed by atoms with Crippen molar-refractivity contribution in [3.8, 4) is 11.5 Å². The Kier molecular flexibility index (Phi) is 6.21. The van der Waals surface area contributed by atoms with Gasteiger partial charge in [-0.05, 0) is 24.3 Å². The fraction of sp³-hybridized carbons (Fsp3) is 0.333. The van der Waals surface area contributed by atoms with Crippen molar-refractivity contribution < 1.29 is 33.0 Å². The van der Waals surface area contributed by atoms with Crippen LogP contribution in [0.15, 0.2) is 30.3 Å². The molecule has 0 aromatic heterocycles. The molecule has 0 aliphatic carbocycles. The van der Waals surface area contributed by atoms with E-state index in [9.17, 15) is 23.5 Å². The van der Waals surface area contributed by atoms with Crippen LogP contribution in [0.25, 0.3) is 0 Å². The molecule has 0 bridgehead atoms. The van der Waals surface area contributed by atoms with Crippen molar-refractivity contribution in [2.45, 2.75) is 25.7 Å². The zero-order valence-corrected chi connectivity index (χ0v) is 18.7. The number of methoxy groups -OCH3 is 1. The number of fused-ring (bicyclic) bond motifs is 1. The molecule has 166 valence electrons. The lowest BCUT2D eigenvalue weighted by Gasteiger charge is -2.27. The van der Waals surface area contributed by atoms with Gasteiger partial charge >= 0.3 is 6.09 Å². The molecule has 3 rings (SSSR count). The van der Waals surface area contributed by atoms with Gasteiger partial charge in [0.15, 0.2) is 0 Å². The van der Waals surface area contributed by atoms with Crippen LogP contribution in [-0.4, -0.2) is 50.3 Å². The fourth-order valence-electron chi connectivity index (χ4n) is 3.60. The van der Waals surface area contributed by atoms with Gasteiger partial charge in [-0.2, -0.15) is 0 Å². The molecular formula is C21H24F2N2O5Si. The molecule has 2 aromatic rings. The van der Waals surface area contributed by atoms with Crippen LogP contribution in [0, 0.1) is 11.6 Å². The topological polar surface area (TPSA) is 88.1 Å². The quantitative estimate of drug-likeness (QED) is 0.696. The maximum atomic E-state index is 14.6. The molecular weight excluding hydrogens is 426 g/mol. The van der Waals surface area contributed by atoms with E-state index < -0.39 is 37.8 Å². The Morgan fingerprint density at radius 1 is 1.19 bits per heavy atom. The van der Waals surface area contributed by atoms with Gasteiger partial charge in [0, 0.05) is 22.5 Å². The number of halogens is 2. The highest BCUT2D eigenvalue weighted by molar-refractivity contribution is 6.88. The van der Waals surface area contributed by atoms with E-state index in [0.717, 1.165) is 17.0 Å². The number of nitrogens with zero attached hydrogens (tertiary/aromatic N) is 1. The zero-order valence-electron chi connectivity index (χ0n) is 17.7. The highest BCUT2D eigenvalue weighted by atomic mass is 28.3. The largest absolute Gasteiger partial charge is 0.497 e. The third kappa shape index (κ3) is 4.63. The molecule has 2 amide bonds. The molecule has 0 spiro atoms. The molecule has 1 unspecified atom stereocenters. The lowest BCUT2D eigenvalue weighted by atomic mass is 10.0. The molecule has 10 heteroatoms. The molecule has 0 saturated heterocycles. The Morgan fingerprint density at radius 3 is 2.39 bits per heavy atom. The third-order valence-corrected chi connectivity index (χ3v) is 6.95. The van der Waals surface area contributed by atoms with Gasteiger partial charge < -0.3 is 19.9 Å². The minimum atomic E-state index is -2.28. The number of rotatable bonds is 4. The van der Waals surface area contributed by atoms with Crippen molar-refractivity contribution in [1.29, 1.82) is 0 Å². The van der Waals surface area contributed by atoms with E-state index in [1.54, 1.807) is 12.1 Å². The Hall–Kier alpha value is -3.14. The molecule has 7 nitrogen and oxygen atoms in total. The van der Waals surface area contributed by atoms with Crippen LogP contribution in [0.4, 0.5) is 19.3 Å². The standard InChI is InChI=1S/C21H24F2N2O5Si/c1-29-13-5-6-14-17(11-13)30-8-7-25(21(27)28)18(14)20(26)24-12-9-15(22)19(16(23)10-12)31(2,3)4/h5-6,9-11,18H,7-8H2,1-4H3,(H,24,26)(H,27,28). The van der Waals surface area contributed by atoms with Crippen molar-refractivity contribution >= 4 is 30.9 Å². The SMILES string of the molecule is COc1ccc2c(c1)OCCN(C(=O)O)C2C(=O)Nc1cc(F)c([Si](C)(C)C)c(F)c1. The van der Waals surface area contributed by atoms with Crippen molar-refractivity contribution in [3.63, 3.8) is 0 Å². The first-order valence-electron chi connectivity index (χ1n) is 9.63. The van der Waals surface area contributed by atoms with E-state index in [1.807, 2.05) is 19.6 Å². The summed E-state index contributed by atoms with van der Waals surface area (Å²) in [7, 11) is -0.812. The van der Waals surface area contributed by atoms with E-state index in [2.05, 4.69) is 5.32 Å². The van der Waals surface area contributed by atoms with Crippen LogP contribution >= 0.6 is 0 Å². The Labute approximate surface area is 179 Å². The number of nitrogens with one attached hydrogen (secondary N) is 1. The molecule has 31 heavy (non-hydrogen) atoms. The number of hydrogen-bond acceptors (Lipinski definition) is 4. The van der Waals surface area contributed by atoms with Crippen LogP contribution in [-0.2, 0) is 4.79 Å². The van der Waals surface area contributed by atoms with E-state index in [1.165, 1.54) is 13.2 Å². The van der Waals surface area contributed by atoms with Gasteiger partial charge in [-0.15, -0.1) is 0 Å². The third-order valence-electron chi connectivity index (χ3n) is 4.97. The van der Waals surface area contributed by atoms with Crippen LogP contribution in [0.2, 0.25) is 19.6 Å². The van der Waals surface area contributed by atoms with Crippen molar-refractivity contribution in [2.24, 2.45) is 0 Å². The average molecular weight is 451 g/mol. The van der Waals surface area contributed by atoms with Gasteiger partial charge in [0.1, 0.15) is 35.8 Å². The van der Waals surface area contributed by atoms with Gasteiger partial charge in [-0.25, -0.2) is 13.6 Å². The van der Waals surface area contributed by atoms with E-state index in [-0.39, 0.29) is 24.0 Å². The summed E-state index contributed by atoms with van der Waals surface area (Å²) in [6.45, 7) is 5.41. The minimum absolute atomic E-state index is 0.0322. The Morgan fingerprint density at radius 2 is 1.84 bits per heavy atom. The monoisotopic (exact) mass is 450 g/mol. The molecule has 1 heterocycles. The minimum Gasteiger partial charge on any atom is -0.497 e. The summed E-state index contributed by atoms with van der Waals surface area (Å²) in [5.74, 6) is -1.45. The second kappa shape index (κ2) is 8.54. The molecule has 2 aromatic carbocycles. The average Bonchev–Trinajstić information content (AvgIpc) is 2.85. The van der Waals surface area contributed by atoms with Gasteiger partial charge in [0.25, 0.3) is 5.91 Å². The van der Waals surface area contributed by atoms with Gasteiger partial charge in [0.05, 0.1) is 21.7 Å². The number of ether oxygens (including phenoxy) is 2. The summed E-state index contributed by atoms with van der Waals surface area (Å²) in [5, 5.41) is 12.1. The van der Waals surface area contributed by atoms with Gasteiger partial charge in [-0.1, -0.05) is 19.6 Å². The first-order valence-corrected chi connectivity index (χ1v) is 13.1. The highest BCUT2D eigenvalue weighted by Crippen LogP contribution is 2.36. The summed E-state index contributed by atoms with van der Waals surface area (Å²) in [6.07, 6.45) is -1.32. The second-order valence-electron chi connectivity index (χ2n) is 8.18. The maximum Gasteiger partial charge on any atom is 0.408 e.